The van der Waals surface area contributed by atoms with Crippen molar-refractivity contribution >= 4 is 33.2 Å². The molecule has 35 heavy (non-hydrogen) atoms. The Morgan fingerprint density at radius 2 is 1.77 bits per heavy atom. The van der Waals surface area contributed by atoms with Crippen LogP contribution in [0.15, 0.2) is 77.7 Å². The molecule has 6 nitrogen and oxygen atoms in total. The number of halogens is 1. The molecule has 2 N–H and O–H groups in total. The predicted octanol–water partition coefficient (Wildman–Crippen LogP) is 5.56. The summed E-state index contributed by atoms with van der Waals surface area (Å²) in [5.41, 5.74) is 2.86. The molecule has 1 saturated carbocycles. The number of benzene rings is 3. The summed E-state index contributed by atoms with van der Waals surface area (Å²) in [5, 5.41) is 13.2. The van der Waals surface area contributed by atoms with E-state index in [-0.39, 0.29) is 27.7 Å². The minimum atomic E-state index is -3.65. The van der Waals surface area contributed by atoms with Crippen LogP contribution in [0, 0.1) is 0 Å². The largest absolute Gasteiger partial charge is 0.395 e. The number of hydrogen-bond acceptors (Lipinski definition) is 4. The number of aliphatic hydroxyl groups is 1. The molecular weight excluding hydrogens is 484 g/mol. The lowest BCUT2D eigenvalue weighted by Gasteiger charge is -2.22. The quantitative estimate of drug-likeness (QED) is 0.430. The number of anilines is 1. The van der Waals surface area contributed by atoms with Crippen LogP contribution in [0.5, 0.6) is 0 Å². The molecule has 0 unspecified atom stereocenters. The van der Waals surface area contributed by atoms with Gasteiger partial charge in [-0.2, -0.15) is 4.31 Å². The fourth-order valence-electron chi connectivity index (χ4n) is 4.83. The summed E-state index contributed by atoms with van der Waals surface area (Å²) in [5.74, 6) is -0.0394. The van der Waals surface area contributed by atoms with E-state index in [1.807, 2.05) is 48.5 Å². The van der Waals surface area contributed by atoms with Crippen LogP contribution >= 0.6 is 11.6 Å². The Morgan fingerprint density at radius 3 is 2.43 bits per heavy atom. The van der Waals surface area contributed by atoms with Crippen LogP contribution in [0.2, 0.25) is 5.02 Å². The van der Waals surface area contributed by atoms with Crippen LogP contribution in [0.1, 0.15) is 35.5 Å². The van der Waals surface area contributed by atoms with Gasteiger partial charge in [-0.25, -0.2) is 8.42 Å². The molecule has 1 saturated heterocycles. The molecule has 1 aliphatic heterocycles. The summed E-state index contributed by atoms with van der Waals surface area (Å²) in [6.45, 7) is 0.254. The first-order valence-electron chi connectivity index (χ1n) is 11.7. The molecule has 0 bridgehead atoms. The Labute approximate surface area is 215 Å². The van der Waals surface area contributed by atoms with Crippen LogP contribution in [0.3, 0.4) is 0 Å². The SMILES string of the molecule is O=C(Nc1cccc(-c2ccc(S(=O)(=O)N3CCC[C@@H]3CO)cc2)c1)C1(c2ccc(Cl)cc2)CC1.[HH].[HH].[HH]. The summed E-state index contributed by atoms with van der Waals surface area (Å²) in [6, 6.07) is 21.3. The summed E-state index contributed by atoms with van der Waals surface area (Å²) >= 11 is 6.00. The summed E-state index contributed by atoms with van der Waals surface area (Å²) in [6.07, 6.45) is 3.01. The van der Waals surface area contributed by atoms with Gasteiger partial charge in [0.05, 0.1) is 16.9 Å². The fourth-order valence-corrected chi connectivity index (χ4v) is 6.64. The fraction of sp³-hybridized carbons (Fsp3) is 0.296. The van der Waals surface area contributed by atoms with E-state index in [2.05, 4.69) is 5.32 Å². The van der Waals surface area contributed by atoms with Gasteiger partial charge in [0, 0.05) is 27.6 Å². The average molecular weight is 517 g/mol. The van der Waals surface area contributed by atoms with Gasteiger partial charge < -0.3 is 10.4 Å². The molecule has 188 valence electrons. The lowest BCUT2D eigenvalue weighted by atomic mass is 9.95. The molecule has 0 spiro atoms. The second-order valence-electron chi connectivity index (χ2n) is 9.24. The maximum absolute atomic E-state index is 13.1. The highest BCUT2D eigenvalue weighted by Gasteiger charge is 2.51. The van der Waals surface area contributed by atoms with Crippen molar-refractivity contribution in [2.24, 2.45) is 0 Å². The van der Waals surface area contributed by atoms with Crippen LogP contribution in [0.4, 0.5) is 5.69 Å². The smallest absolute Gasteiger partial charge is 0.243 e. The number of nitrogens with one attached hydrogen (secondary N) is 1. The van der Waals surface area contributed by atoms with Gasteiger partial charge in [0.25, 0.3) is 0 Å². The first kappa shape index (κ1) is 24.0. The van der Waals surface area contributed by atoms with Crippen molar-refractivity contribution in [3.8, 4) is 11.1 Å². The lowest BCUT2D eigenvalue weighted by Crippen LogP contribution is -2.37. The van der Waals surface area contributed by atoms with E-state index in [1.54, 1.807) is 24.3 Å². The molecule has 5 rings (SSSR count). The van der Waals surface area contributed by atoms with E-state index in [9.17, 15) is 18.3 Å². The monoisotopic (exact) mass is 516 g/mol. The lowest BCUT2D eigenvalue weighted by molar-refractivity contribution is -0.118. The van der Waals surface area contributed by atoms with Gasteiger partial charge in [-0.05, 0) is 78.8 Å². The third kappa shape index (κ3) is 4.61. The second kappa shape index (κ2) is 9.39. The molecule has 1 amide bonds. The van der Waals surface area contributed by atoms with Crippen molar-refractivity contribution in [1.29, 1.82) is 0 Å². The Kier molecular flexibility index (Phi) is 6.44. The van der Waals surface area contributed by atoms with E-state index in [4.69, 9.17) is 11.6 Å². The predicted molar refractivity (Wildman–Crippen MR) is 143 cm³/mol. The van der Waals surface area contributed by atoms with Crippen molar-refractivity contribution in [1.82, 2.24) is 4.31 Å². The zero-order valence-electron chi connectivity index (χ0n) is 19.2. The van der Waals surface area contributed by atoms with Crippen LogP contribution in [0.25, 0.3) is 11.1 Å². The second-order valence-corrected chi connectivity index (χ2v) is 11.6. The van der Waals surface area contributed by atoms with Crippen molar-refractivity contribution in [3.05, 3.63) is 83.4 Å². The van der Waals surface area contributed by atoms with E-state index in [1.165, 1.54) is 4.31 Å². The first-order valence-corrected chi connectivity index (χ1v) is 13.6. The molecule has 1 atom stereocenters. The van der Waals surface area contributed by atoms with Crippen molar-refractivity contribution in [2.75, 3.05) is 18.5 Å². The molecule has 0 radical (unpaired) electrons. The molecule has 2 aliphatic rings. The highest BCUT2D eigenvalue weighted by Crippen LogP contribution is 2.49. The molecule has 0 aromatic heterocycles. The van der Waals surface area contributed by atoms with Crippen LogP contribution in [-0.2, 0) is 20.2 Å². The zero-order chi connectivity index (χ0) is 24.6. The van der Waals surface area contributed by atoms with Gasteiger partial charge >= 0.3 is 0 Å². The normalized spacial score (nSPS) is 19.4. The van der Waals surface area contributed by atoms with Gasteiger partial charge in [-0.15, -0.1) is 0 Å². The Hall–Kier alpha value is -2.71. The Morgan fingerprint density at radius 1 is 1.06 bits per heavy atom. The van der Waals surface area contributed by atoms with Gasteiger partial charge in [0.2, 0.25) is 15.9 Å². The molecule has 3 aromatic carbocycles. The number of carbonyl (C=O) groups excluding carboxylic acids is 1. The zero-order valence-corrected chi connectivity index (χ0v) is 20.7. The molecule has 1 aliphatic carbocycles. The van der Waals surface area contributed by atoms with Crippen molar-refractivity contribution in [3.63, 3.8) is 0 Å². The molecule has 1 heterocycles. The first-order chi connectivity index (χ1) is 16.8. The van der Waals surface area contributed by atoms with E-state index in [0.717, 1.165) is 36.0 Å². The number of sulfonamides is 1. The van der Waals surface area contributed by atoms with E-state index in [0.29, 0.717) is 23.7 Å². The maximum Gasteiger partial charge on any atom is 0.243 e. The minimum Gasteiger partial charge on any atom is -0.395 e. The number of rotatable bonds is 7. The number of nitrogens with zero attached hydrogens (tertiary/aromatic N) is 1. The highest BCUT2D eigenvalue weighted by atomic mass is 35.5. The molecule has 2 fully saturated rings. The Balaban J connectivity index is 0.00000169. The van der Waals surface area contributed by atoms with Gasteiger partial charge in [0.1, 0.15) is 0 Å². The maximum atomic E-state index is 13.1. The van der Waals surface area contributed by atoms with E-state index >= 15 is 0 Å². The average Bonchev–Trinajstić information content (AvgIpc) is 3.54. The van der Waals surface area contributed by atoms with Crippen molar-refractivity contribution in [2.45, 2.75) is 42.0 Å². The topological polar surface area (TPSA) is 86.7 Å². The molecule has 8 heteroatoms. The minimum absolute atomic E-state index is 0. The van der Waals surface area contributed by atoms with Crippen LogP contribution in [-0.4, -0.2) is 42.9 Å². The van der Waals surface area contributed by atoms with Gasteiger partial charge in [0.15, 0.2) is 0 Å². The van der Waals surface area contributed by atoms with Gasteiger partial charge in [-0.3, -0.25) is 4.79 Å². The summed E-state index contributed by atoms with van der Waals surface area (Å²) in [7, 11) is -3.65. The standard InChI is InChI=1S/C27H27ClN2O4S.3H2/c28-22-10-8-21(9-11-22)27(14-15-27)26(32)29-23-4-1-3-20(17-23)19-6-12-25(13-7-19)35(33,34)30-16-2-5-24(30)18-31;;;/h1,3-4,6-13,17,24,31H,2,5,14-16,18H2,(H,29,32);3*1H/t24-;;;/m1.../s1. The number of amides is 1. The highest BCUT2D eigenvalue weighted by molar-refractivity contribution is 7.89. The number of carbonyl (C=O) groups is 1. The third-order valence-corrected chi connectivity index (χ3v) is 9.25. The molecular formula is C27H33ClN2O4S. The van der Waals surface area contributed by atoms with Gasteiger partial charge in [-0.1, -0.05) is 48.0 Å². The summed E-state index contributed by atoms with van der Waals surface area (Å²) in [4.78, 5) is 13.3. The van der Waals surface area contributed by atoms with Crippen molar-refractivity contribution < 1.29 is 22.6 Å². The third-order valence-electron chi connectivity index (χ3n) is 7.03. The summed E-state index contributed by atoms with van der Waals surface area (Å²) < 4.78 is 27.4. The van der Waals surface area contributed by atoms with Crippen LogP contribution < -0.4 is 5.32 Å². The Bertz CT molecular complexity index is 1350. The van der Waals surface area contributed by atoms with E-state index < -0.39 is 15.4 Å². The number of hydrogen-bond donors (Lipinski definition) is 2. The number of aliphatic hydroxyl groups excluding tert-OH is 1. The molecule has 3 aromatic rings.